The molecular formula is C48H40O. The average molecular weight is 633 g/mol. The Bertz CT molecular complexity index is 2630. The zero-order valence-corrected chi connectivity index (χ0v) is 28.5. The molecular weight excluding hydrogens is 593 g/mol. The molecule has 2 unspecified atom stereocenters. The molecule has 1 aromatic heterocycles. The van der Waals surface area contributed by atoms with Crippen LogP contribution in [0.3, 0.4) is 0 Å². The van der Waals surface area contributed by atoms with Gasteiger partial charge in [-0.2, -0.15) is 0 Å². The maximum Gasteiger partial charge on any atom is 0.143 e. The van der Waals surface area contributed by atoms with E-state index < -0.39 is 0 Å². The van der Waals surface area contributed by atoms with Crippen LogP contribution >= 0.6 is 0 Å². The van der Waals surface area contributed by atoms with Crippen LogP contribution in [0, 0.1) is 5.92 Å². The lowest BCUT2D eigenvalue weighted by Gasteiger charge is -2.36. The molecule has 0 bridgehead atoms. The first-order valence-corrected chi connectivity index (χ1v) is 18.3. The summed E-state index contributed by atoms with van der Waals surface area (Å²) < 4.78 is 6.97. The highest BCUT2D eigenvalue weighted by Crippen LogP contribution is 2.61. The quantitative estimate of drug-likeness (QED) is 0.166. The second-order valence-corrected chi connectivity index (χ2v) is 14.5. The SMILES string of the molecule is CCCc1ccc2c(c1)oc1c2cc2c(-c3ccccc3)cc3c4c(cc5c(-c6ccccc6)cc1c2c53)C1C=CC=CC1C4(CC)CC. The summed E-state index contributed by atoms with van der Waals surface area (Å²) in [5, 5.41) is 10.4. The fraction of sp³-hybridized carbons (Fsp3) is 0.208. The second-order valence-electron chi connectivity index (χ2n) is 14.5. The number of rotatable bonds is 6. The molecule has 8 aromatic rings. The molecule has 0 saturated heterocycles. The fourth-order valence-corrected chi connectivity index (χ4v) is 10.0. The van der Waals surface area contributed by atoms with E-state index in [9.17, 15) is 0 Å². The fourth-order valence-electron chi connectivity index (χ4n) is 10.0. The van der Waals surface area contributed by atoms with E-state index in [1.165, 1.54) is 76.5 Å². The summed E-state index contributed by atoms with van der Waals surface area (Å²) in [6.45, 7) is 7.07. The molecule has 1 heteroatoms. The minimum Gasteiger partial charge on any atom is -0.455 e. The van der Waals surface area contributed by atoms with Crippen molar-refractivity contribution in [2.75, 3.05) is 0 Å². The summed E-state index contributed by atoms with van der Waals surface area (Å²) in [6, 6.07) is 39.0. The van der Waals surface area contributed by atoms with Crippen molar-refractivity contribution in [1.82, 2.24) is 0 Å². The van der Waals surface area contributed by atoms with Gasteiger partial charge in [-0.05, 0) is 116 Å². The highest BCUT2D eigenvalue weighted by Gasteiger charge is 2.49. The summed E-state index contributed by atoms with van der Waals surface area (Å²) in [5.74, 6) is 0.835. The first-order valence-electron chi connectivity index (χ1n) is 18.3. The Morgan fingerprint density at radius 3 is 1.94 bits per heavy atom. The molecule has 2 aliphatic rings. The van der Waals surface area contributed by atoms with E-state index in [1.54, 1.807) is 5.56 Å². The monoisotopic (exact) mass is 632 g/mol. The molecule has 49 heavy (non-hydrogen) atoms. The van der Waals surface area contributed by atoms with Gasteiger partial charge in [0.05, 0.1) is 0 Å². The normalized spacial score (nSPS) is 18.0. The Hall–Kier alpha value is -5.14. The zero-order chi connectivity index (χ0) is 32.9. The maximum atomic E-state index is 6.97. The first-order chi connectivity index (χ1) is 24.1. The van der Waals surface area contributed by atoms with E-state index in [0.717, 1.165) is 36.8 Å². The van der Waals surface area contributed by atoms with Crippen molar-refractivity contribution in [2.45, 2.75) is 57.8 Å². The van der Waals surface area contributed by atoms with Crippen LogP contribution in [0.1, 0.15) is 62.6 Å². The van der Waals surface area contributed by atoms with Gasteiger partial charge >= 0.3 is 0 Å². The molecule has 7 aromatic carbocycles. The van der Waals surface area contributed by atoms with Crippen molar-refractivity contribution < 1.29 is 4.42 Å². The summed E-state index contributed by atoms with van der Waals surface area (Å²) in [4.78, 5) is 0. The predicted octanol–water partition coefficient (Wildman–Crippen LogP) is 13.7. The van der Waals surface area contributed by atoms with E-state index in [1.807, 2.05) is 0 Å². The number of fused-ring (bicyclic) bond motifs is 8. The standard InChI is InChI=1S/C48H40O/c1-4-15-29-22-23-33-39-28-37-34(30-16-9-7-10-17-30)25-40-44-36(27-38-32-20-13-14-21-42(32)48(5-2,6-3)46(38)40)35(31-18-11-8-12-19-31)26-41(45(37)44)47(39)49-43(33)24-29/h7-14,16-28,32,42H,4-6,15H2,1-3H3. The number of allylic oxidation sites excluding steroid dienone is 4. The summed E-state index contributed by atoms with van der Waals surface area (Å²) >= 11 is 0. The number of aryl methyl sites for hydroxylation is 1. The van der Waals surface area contributed by atoms with Gasteiger partial charge in [-0.1, -0.05) is 124 Å². The molecule has 0 N–H and O–H groups in total. The molecule has 1 nitrogen and oxygen atoms in total. The van der Waals surface area contributed by atoms with Crippen molar-refractivity contribution >= 4 is 54.3 Å². The van der Waals surface area contributed by atoms with Crippen molar-refractivity contribution in [3.05, 3.63) is 144 Å². The van der Waals surface area contributed by atoms with Crippen LogP contribution < -0.4 is 0 Å². The Kier molecular flexibility index (Phi) is 6.28. The van der Waals surface area contributed by atoms with Crippen LogP contribution in [-0.4, -0.2) is 0 Å². The third-order valence-electron chi connectivity index (χ3n) is 12.3. The summed E-state index contributed by atoms with van der Waals surface area (Å²) in [6.07, 6.45) is 13.9. The minimum absolute atomic E-state index is 0.0643. The molecule has 1 heterocycles. The highest BCUT2D eigenvalue weighted by molar-refractivity contribution is 6.35. The van der Waals surface area contributed by atoms with Gasteiger partial charge in [0.2, 0.25) is 0 Å². The smallest absolute Gasteiger partial charge is 0.143 e. The van der Waals surface area contributed by atoms with Crippen molar-refractivity contribution in [1.29, 1.82) is 0 Å². The molecule has 0 fully saturated rings. The van der Waals surface area contributed by atoms with Gasteiger partial charge in [0.25, 0.3) is 0 Å². The third kappa shape index (κ3) is 3.88. The molecule has 0 spiro atoms. The summed E-state index contributed by atoms with van der Waals surface area (Å²) in [7, 11) is 0. The molecule has 238 valence electrons. The summed E-state index contributed by atoms with van der Waals surface area (Å²) in [5.41, 5.74) is 11.6. The lowest BCUT2D eigenvalue weighted by molar-refractivity contribution is 0.307. The van der Waals surface area contributed by atoms with Crippen LogP contribution in [0.15, 0.2) is 132 Å². The molecule has 0 saturated carbocycles. The van der Waals surface area contributed by atoms with Gasteiger partial charge < -0.3 is 4.42 Å². The predicted molar refractivity (Wildman–Crippen MR) is 209 cm³/mol. The average Bonchev–Trinajstić information content (AvgIpc) is 3.67. The van der Waals surface area contributed by atoms with Crippen LogP contribution in [0.4, 0.5) is 0 Å². The molecule has 2 atom stereocenters. The third-order valence-corrected chi connectivity index (χ3v) is 12.3. The Morgan fingerprint density at radius 2 is 1.24 bits per heavy atom. The lowest BCUT2D eigenvalue weighted by Crippen LogP contribution is -2.31. The second kappa shape index (κ2) is 10.7. The van der Waals surface area contributed by atoms with Crippen LogP contribution in [-0.2, 0) is 11.8 Å². The van der Waals surface area contributed by atoms with E-state index >= 15 is 0 Å². The number of hydrogen-bond donors (Lipinski definition) is 0. The Labute approximate surface area is 287 Å². The van der Waals surface area contributed by atoms with Gasteiger partial charge in [0, 0.05) is 32.9 Å². The van der Waals surface area contributed by atoms with E-state index in [2.05, 4.69) is 148 Å². The number of hydrogen-bond acceptors (Lipinski definition) is 1. The van der Waals surface area contributed by atoms with Gasteiger partial charge in [-0.15, -0.1) is 0 Å². The number of benzene rings is 7. The van der Waals surface area contributed by atoms with Crippen LogP contribution in [0.25, 0.3) is 76.5 Å². The van der Waals surface area contributed by atoms with Crippen molar-refractivity contribution in [2.24, 2.45) is 5.92 Å². The van der Waals surface area contributed by atoms with Crippen molar-refractivity contribution in [3.8, 4) is 22.3 Å². The first kappa shape index (κ1) is 28.8. The Morgan fingerprint density at radius 1 is 0.592 bits per heavy atom. The Balaban J connectivity index is 1.46. The molecule has 0 radical (unpaired) electrons. The molecule has 10 rings (SSSR count). The maximum absolute atomic E-state index is 6.97. The van der Waals surface area contributed by atoms with Gasteiger partial charge in [-0.25, -0.2) is 0 Å². The van der Waals surface area contributed by atoms with E-state index in [4.69, 9.17) is 4.42 Å². The van der Waals surface area contributed by atoms with Crippen LogP contribution in [0.2, 0.25) is 0 Å². The van der Waals surface area contributed by atoms with Crippen LogP contribution in [0.5, 0.6) is 0 Å². The minimum atomic E-state index is 0.0643. The van der Waals surface area contributed by atoms with Crippen molar-refractivity contribution in [3.63, 3.8) is 0 Å². The van der Waals surface area contributed by atoms with E-state index in [-0.39, 0.29) is 5.41 Å². The van der Waals surface area contributed by atoms with E-state index in [0.29, 0.717) is 11.8 Å². The van der Waals surface area contributed by atoms with Gasteiger partial charge in [0.1, 0.15) is 11.2 Å². The molecule has 2 aliphatic carbocycles. The molecule has 0 amide bonds. The molecule has 0 aliphatic heterocycles. The van der Waals surface area contributed by atoms with Gasteiger partial charge in [0.15, 0.2) is 0 Å². The lowest BCUT2D eigenvalue weighted by atomic mass is 9.67. The highest BCUT2D eigenvalue weighted by atomic mass is 16.3. The topological polar surface area (TPSA) is 13.1 Å². The largest absolute Gasteiger partial charge is 0.455 e. The number of furan rings is 1. The zero-order valence-electron chi connectivity index (χ0n) is 28.5. The van der Waals surface area contributed by atoms with Gasteiger partial charge in [-0.3, -0.25) is 0 Å².